The molecule has 0 spiro atoms. The largest absolute Gasteiger partial charge is 0.456 e. The van der Waals surface area contributed by atoms with Crippen molar-refractivity contribution >= 4 is 109 Å². The maximum absolute atomic E-state index is 9.45. The number of hydrogen-bond acceptors (Lipinski definition) is 2. The van der Waals surface area contributed by atoms with Gasteiger partial charge in [0.2, 0.25) is 0 Å². The van der Waals surface area contributed by atoms with Crippen LogP contribution in [0.4, 0.5) is 0 Å². The van der Waals surface area contributed by atoms with Gasteiger partial charge in [0.05, 0.1) is 35.6 Å². The Balaban J connectivity index is 0.000000163. The second-order valence-corrected chi connectivity index (χ2v) is 23.7. The molecule has 0 fully saturated rings. The van der Waals surface area contributed by atoms with Crippen LogP contribution in [0.3, 0.4) is 0 Å². The molecule has 18 aromatic carbocycles. The summed E-state index contributed by atoms with van der Waals surface area (Å²) in [5.41, 5.74) is 8.66. The van der Waals surface area contributed by atoms with E-state index >= 15 is 0 Å². The van der Waals surface area contributed by atoms with Crippen molar-refractivity contribution in [1.82, 2.24) is 0 Å². The topological polar surface area (TPSA) is 26.3 Å². The zero-order chi connectivity index (χ0) is 87.3. The Kier molecular flexibility index (Phi) is 8.68. The van der Waals surface area contributed by atoms with Gasteiger partial charge in [-0.2, -0.15) is 0 Å². The van der Waals surface area contributed by atoms with Crippen LogP contribution in [0.2, 0.25) is 0 Å². The molecule has 0 saturated heterocycles. The number of fused-ring (bicyclic) bond motifs is 13. The van der Waals surface area contributed by atoms with Crippen LogP contribution in [0.1, 0.15) is 35.6 Å². The van der Waals surface area contributed by atoms with Crippen LogP contribution < -0.4 is 0 Å². The third kappa shape index (κ3) is 9.41. The molecule has 0 saturated carbocycles. The molecule has 20 aromatic rings. The zero-order valence-corrected chi connectivity index (χ0v) is 51.4. The van der Waals surface area contributed by atoms with Crippen LogP contribution in [-0.2, 0) is 0 Å². The highest BCUT2D eigenvalue weighted by atomic mass is 16.3. The molecule has 2 aromatic heterocycles. The number of benzene rings is 18. The van der Waals surface area contributed by atoms with E-state index in [9.17, 15) is 11.0 Å². The van der Waals surface area contributed by atoms with Gasteiger partial charge in [-0.15, -0.1) is 0 Å². The second-order valence-electron chi connectivity index (χ2n) is 23.7. The van der Waals surface area contributed by atoms with Crippen molar-refractivity contribution in [1.29, 1.82) is 0 Å². The van der Waals surface area contributed by atoms with Gasteiger partial charge in [0.15, 0.2) is 0 Å². The molecule has 0 aliphatic heterocycles. The molecule has 0 N–H and O–H groups in total. The van der Waals surface area contributed by atoms with Crippen LogP contribution in [0, 0.1) is 0 Å². The van der Waals surface area contributed by atoms with Gasteiger partial charge in [-0.25, -0.2) is 0 Å². The molecule has 20 rings (SSSR count). The molecule has 0 radical (unpaired) electrons. The summed E-state index contributed by atoms with van der Waals surface area (Å²) >= 11 is 0. The Labute approximate surface area is 603 Å². The van der Waals surface area contributed by atoms with Gasteiger partial charge in [-0.05, 0) is 196 Å². The van der Waals surface area contributed by atoms with E-state index in [0.29, 0.717) is 55.0 Å². The normalized spacial score (nSPS) is 15.4. The molecule has 456 valence electrons. The third-order valence-electron chi connectivity index (χ3n) is 18.4. The highest BCUT2D eigenvalue weighted by Crippen LogP contribution is 2.51. The molecule has 0 atom stereocenters. The Morgan fingerprint density at radius 1 is 0.184 bits per heavy atom. The first-order valence-electron chi connectivity index (χ1n) is 44.6. The summed E-state index contributed by atoms with van der Waals surface area (Å²) in [4.78, 5) is 0. The predicted octanol–water partition coefficient (Wildman–Crippen LogP) is 27.4. The first-order chi connectivity index (χ1) is 59.4. The maximum Gasteiger partial charge on any atom is 0.136 e. The molecular formula is C96H60O2. The quantitative estimate of drug-likeness (QED) is 0.112. The molecule has 2 heteroatoms. The SMILES string of the molecule is [2H]c1c([2H])c([2H])c(-c2c3c([2H])c([2H])c([2H])c([2H])c3c(-c3cccc4oc5cc(-c6cccc(-c7ccccc7-c7ccccc7)c6)ccc5c34)c3c([2H])c([2H])c([2H])c([2H])c23)c([2H])c1[2H].[2H]c1c([2H])c([2H])c(-c2c3c([2H])c([2H])c([2H])c([2H])c3c(-c3cccc4oc5cccc(-c6ccc7ccc8ccccc8c7c6)c5c34)c3c([2H])c([2H])c([2H])c([2H])c23)c([2H])c1[2H]. The van der Waals surface area contributed by atoms with Gasteiger partial charge in [-0.3, -0.25) is 0 Å². The summed E-state index contributed by atoms with van der Waals surface area (Å²) in [6, 6.07) is 49.8. The van der Waals surface area contributed by atoms with Gasteiger partial charge in [0, 0.05) is 21.5 Å². The number of hydrogen-bond donors (Lipinski definition) is 0. The highest BCUT2D eigenvalue weighted by molar-refractivity contribution is 6.28. The zero-order valence-electron chi connectivity index (χ0n) is 77.4. The van der Waals surface area contributed by atoms with E-state index in [4.69, 9.17) is 33.5 Å². The molecule has 98 heavy (non-hydrogen) atoms. The summed E-state index contributed by atoms with van der Waals surface area (Å²) in [6.45, 7) is 0. The number of rotatable bonds is 8. The maximum atomic E-state index is 9.45. The molecule has 0 bridgehead atoms. The van der Waals surface area contributed by atoms with Crippen LogP contribution >= 0.6 is 0 Å². The van der Waals surface area contributed by atoms with Crippen molar-refractivity contribution in [3.63, 3.8) is 0 Å². The van der Waals surface area contributed by atoms with E-state index < -0.39 is 168 Å². The predicted molar refractivity (Wildman–Crippen MR) is 416 cm³/mol. The number of furan rings is 2. The fourth-order valence-corrected chi connectivity index (χ4v) is 14.2. The van der Waals surface area contributed by atoms with Crippen LogP contribution in [-0.4, -0.2) is 0 Å². The molecule has 0 aliphatic rings. The molecule has 2 heterocycles. The van der Waals surface area contributed by atoms with Crippen molar-refractivity contribution in [2.45, 2.75) is 0 Å². The molecule has 0 amide bonds. The van der Waals surface area contributed by atoms with E-state index in [1.807, 2.05) is 103 Å². The Hall–Kier alpha value is -12.9. The van der Waals surface area contributed by atoms with E-state index in [2.05, 4.69) is 66.7 Å². The highest BCUT2D eigenvalue weighted by Gasteiger charge is 2.24. The summed E-state index contributed by atoms with van der Waals surface area (Å²) in [5.74, 6) is 0. The lowest BCUT2D eigenvalue weighted by Gasteiger charge is -2.18. The van der Waals surface area contributed by atoms with Crippen molar-refractivity contribution in [2.75, 3.05) is 0 Å². The smallest absolute Gasteiger partial charge is 0.136 e. The fraction of sp³-hybridized carbons (Fsp3) is 0. The van der Waals surface area contributed by atoms with Crippen molar-refractivity contribution < 1.29 is 44.5 Å². The lowest BCUT2D eigenvalue weighted by atomic mass is 9.84. The van der Waals surface area contributed by atoms with E-state index in [0.717, 1.165) is 66.1 Å². The average Bonchev–Trinajstić information content (AvgIpc) is 0.942. The summed E-state index contributed by atoms with van der Waals surface area (Å²) in [7, 11) is 0. The lowest BCUT2D eigenvalue weighted by molar-refractivity contribution is 0.668. The summed E-state index contributed by atoms with van der Waals surface area (Å²) < 4.78 is 245. The standard InChI is InChI=1S/C50H32O.C46H28O/c1-3-15-33(16-4-1)38-21-7-8-22-39(38)37-20-13-19-35(31-37)36-29-30-44-47(32-36)51-46-28-14-27-45(50(44)46)49-42-25-11-9-23-40(42)48(34-17-5-2-6-18-34)41-24-10-12-26-43(41)49;1-2-13-31(14-3-1)43-35-16-6-8-18-37(35)44(38-19-9-7-17-36(38)43)39-21-11-23-42-46(39)45-34(20-10-22-41(45)47-42)32-27-26-30-25-24-29-12-4-5-15-33(29)40(30)28-32/h1-32H;1-28H/i2D,5D,6D,9D,10D,11D,12D,17D,18D,23D,24D,25D,26D;1D,2D,3D,6D,7D,8D,9D,13D,14D,16D,17D,18D,19D. The molecule has 0 unspecified atom stereocenters. The van der Waals surface area contributed by atoms with Gasteiger partial charge < -0.3 is 8.83 Å². The summed E-state index contributed by atoms with van der Waals surface area (Å²) in [5, 5.41) is 4.84. The van der Waals surface area contributed by atoms with Crippen LogP contribution in [0.25, 0.3) is 198 Å². The Bertz CT molecular complexity index is 7980. The van der Waals surface area contributed by atoms with E-state index in [1.54, 1.807) is 36.4 Å². The van der Waals surface area contributed by atoms with Gasteiger partial charge >= 0.3 is 0 Å². The van der Waals surface area contributed by atoms with Gasteiger partial charge in [-0.1, -0.05) is 321 Å². The second kappa shape index (κ2) is 23.5. The van der Waals surface area contributed by atoms with Crippen molar-refractivity contribution in [2.24, 2.45) is 0 Å². The molecule has 0 aliphatic carbocycles. The molecule has 2 nitrogen and oxygen atoms in total. The van der Waals surface area contributed by atoms with E-state index in [1.165, 1.54) is 0 Å². The van der Waals surface area contributed by atoms with Gasteiger partial charge in [0.1, 0.15) is 22.3 Å². The third-order valence-corrected chi connectivity index (χ3v) is 18.4. The Morgan fingerprint density at radius 3 is 1.14 bits per heavy atom. The summed E-state index contributed by atoms with van der Waals surface area (Å²) in [6.07, 6.45) is 0. The monoisotopic (exact) mass is 1270 g/mol. The first kappa shape index (κ1) is 36.1. The Morgan fingerprint density at radius 2 is 0.561 bits per heavy atom. The minimum absolute atomic E-state index is 0.0438. The van der Waals surface area contributed by atoms with Crippen LogP contribution in [0.5, 0.6) is 0 Å². The molecular weight excluding hydrogens is 1190 g/mol. The van der Waals surface area contributed by atoms with Gasteiger partial charge in [0.25, 0.3) is 0 Å². The van der Waals surface area contributed by atoms with Crippen LogP contribution in [0.15, 0.2) is 372 Å². The minimum atomic E-state index is -0.722. The minimum Gasteiger partial charge on any atom is -0.456 e. The van der Waals surface area contributed by atoms with Crippen molar-refractivity contribution in [3.8, 4) is 89.0 Å². The fourth-order valence-electron chi connectivity index (χ4n) is 14.2. The lowest BCUT2D eigenvalue weighted by Crippen LogP contribution is -1.91. The van der Waals surface area contributed by atoms with E-state index in [-0.39, 0.29) is 65.3 Å². The average molecular weight is 1270 g/mol. The first-order valence-corrected chi connectivity index (χ1v) is 31.6. The van der Waals surface area contributed by atoms with Crippen molar-refractivity contribution in [3.05, 3.63) is 363 Å².